The number of rotatable bonds is 3. The molecule has 0 amide bonds. The minimum atomic E-state index is -0.205. The fourth-order valence-electron chi connectivity index (χ4n) is 2.54. The Labute approximate surface area is 142 Å². The normalized spacial score (nSPS) is 10.5. The van der Waals surface area contributed by atoms with Gasteiger partial charge in [0.15, 0.2) is 5.82 Å². The molecule has 25 heavy (non-hydrogen) atoms. The first-order valence-corrected chi connectivity index (χ1v) is 7.54. The first-order chi connectivity index (χ1) is 12.3. The zero-order chi connectivity index (χ0) is 17.2. The van der Waals surface area contributed by atoms with Crippen LogP contribution in [0.2, 0.25) is 0 Å². The molecule has 3 heterocycles. The van der Waals surface area contributed by atoms with Gasteiger partial charge in [-0.3, -0.25) is 9.89 Å². The SMILES string of the molecule is N#Cc1ccc(-c2c[nH]n(-c3ccc(-n4cccn4)cn3)c2=O)cc1. The van der Waals surface area contributed by atoms with Gasteiger partial charge >= 0.3 is 0 Å². The van der Waals surface area contributed by atoms with Crippen LogP contribution >= 0.6 is 0 Å². The van der Waals surface area contributed by atoms with Crippen LogP contribution in [0.25, 0.3) is 22.6 Å². The van der Waals surface area contributed by atoms with Crippen molar-refractivity contribution in [3.05, 3.63) is 83.2 Å². The lowest BCUT2D eigenvalue weighted by Crippen LogP contribution is -2.17. The Bertz CT molecular complexity index is 1100. The summed E-state index contributed by atoms with van der Waals surface area (Å²) >= 11 is 0. The van der Waals surface area contributed by atoms with E-state index < -0.39 is 0 Å². The molecular formula is C18H12N6O. The summed E-state index contributed by atoms with van der Waals surface area (Å²) in [5.74, 6) is 0.487. The number of nitrogens with one attached hydrogen (secondary N) is 1. The Hall–Kier alpha value is -3.92. The Morgan fingerprint density at radius 3 is 2.60 bits per heavy atom. The predicted molar refractivity (Wildman–Crippen MR) is 91.5 cm³/mol. The van der Waals surface area contributed by atoms with Gasteiger partial charge in [-0.2, -0.15) is 10.4 Å². The van der Waals surface area contributed by atoms with Crippen LogP contribution in [0.15, 0.2) is 72.0 Å². The Morgan fingerprint density at radius 2 is 1.96 bits per heavy atom. The summed E-state index contributed by atoms with van der Waals surface area (Å²) < 4.78 is 3.07. The second kappa shape index (κ2) is 5.94. The van der Waals surface area contributed by atoms with Crippen molar-refractivity contribution >= 4 is 0 Å². The quantitative estimate of drug-likeness (QED) is 0.624. The lowest BCUT2D eigenvalue weighted by atomic mass is 10.1. The minimum absolute atomic E-state index is 0.205. The molecule has 0 aliphatic carbocycles. The number of H-pyrrole nitrogens is 1. The molecule has 4 aromatic rings. The minimum Gasteiger partial charge on any atom is -0.296 e. The molecule has 4 rings (SSSR count). The number of pyridine rings is 1. The highest BCUT2D eigenvalue weighted by atomic mass is 16.1. The number of nitriles is 1. The molecule has 0 atom stereocenters. The summed E-state index contributed by atoms with van der Waals surface area (Å²) in [6, 6.07) is 14.3. The van der Waals surface area contributed by atoms with E-state index in [0.717, 1.165) is 11.3 Å². The van der Waals surface area contributed by atoms with E-state index in [9.17, 15) is 4.79 Å². The summed E-state index contributed by atoms with van der Waals surface area (Å²) in [5.41, 5.74) is 2.41. The largest absolute Gasteiger partial charge is 0.296 e. The van der Waals surface area contributed by atoms with E-state index in [-0.39, 0.29) is 5.56 Å². The van der Waals surface area contributed by atoms with Crippen LogP contribution in [0.5, 0.6) is 0 Å². The van der Waals surface area contributed by atoms with Crippen molar-refractivity contribution in [3.8, 4) is 28.7 Å². The summed E-state index contributed by atoms with van der Waals surface area (Å²) in [6.45, 7) is 0. The van der Waals surface area contributed by atoms with E-state index in [1.807, 2.05) is 18.3 Å². The van der Waals surface area contributed by atoms with Crippen molar-refractivity contribution in [2.45, 2.75) is 0 Å². The van der Waals surface area contributed by atoms with E-state index in [2.05, 4.69) is 21.3 Å². The van der Waals surface area contributed by atoms with Crippen molar-refractivity contribution in [2.75, 3.05) is 0 Å². The average Bonchev–Trinajstić information content (AvgIpc) is 3.32. The zero-order valence-corrected chi connectivity index (χ0v) is 13.0. The monoisotopic (exact) mass is 328 g/mol. The number of aromatic amines is 1. The molecular weight excluding hydrogens is 316 g/mol. The Morgan fingerprint density at radius 1 is 1.12 bits per heavy atom. The van der Waals surface area contributed by atoms with Gasteiger partial charge < -0.3 is 0 Å². The second-order valence-electron chi connectivity index (χ2n) is 5.34. The molecule has 7 heteroatoms. The number of benzene rings is 1. The molecule has 120 valence electrons. The molecule has 0 bridgehead atoms. The second-order valence-corrected chi connectivity index (χ2v) is 5.34. The van der Waals surface area contributed by atoms with Gasteiger partial charge in [-0.25, -0.2) is 14.3 Å². The number of hydrogen-bond donors (Lipinski definition) is 1. The van der Waals surface area contributed by atoms with Gasteiger partial charge in [0.1, 0.15) is 0 Å². The standard InChI is InChI=1S/C18H12N6O/c19-10-13-2-4-14(5-3-13)16-12-22-24(18(16)25)17-7-6-15(11-20-17)23-9-1-8-21-23/h1-9,11-12,22H. The maximum atomic E-state index is 12.6. The van der Waals surface area contributed by atoms with Crippen molar-refractivity contribution in [2.24, 2.45) is 0 Å². The Kier molecular flexibility index (Phi) is 3.48. The molecule has 1 N–H and O–H groups in total. The topological polar surface area (TPSA) is 92.3 Å². The van der Waals surface area contributed by atoms with Crippen LogP contribution in [0, 0.1) is 11.3 Å². The number of nitrogens with zero attached hydrogens (tertiary/aromatic N) is 5. The summed E-state index contributed by atoms with van der Waals surface area (Å²) in [4.78, 5) is 17.0. The van der Waals surface area contributed by atoms with Crippen molar-refractivity contribution in [1.82, 2.24) is 24.5 Å². The van der Waals surface area contributed by atoms with Gasteiger partial charge in [-0.15, -0.1) is 0 Å². The van der Waals surface area contributed by atoms with E-state index in [4.69, 9.17) is 5.26 Å². The van der Waals surface area contributed by atoms with E-state index in [0.29, 0.717) is 16.9 Å². The molecule has 3 aromatic heterocycles. The fraction of sp³-hybridized carbons (Fsp3) is 0. The maximum Gasteiger partial charge on any atom is 0.280 e. The summed E-state index contributed by atoms with van der Waals surface area (Å²) in [6.07, 6.45) is 6.79. The highest BCUT2D eigenvalue weighted by Gasteiger charge is 2.11. The third-order valence-corrected chi connectivity index (χ3v) is 3.83. The predicted octanol–water partition coefficient (Wildman–Crippen LogP) is 2.28. The smallest absolute Gasteiger partial charge is 0.280 e. The summed E-state index contributed by atoms with van der Waals surface area (Å²) in [5, 5.41) is 15.9. The molecule has 0 aliphatic heterocycles. The van der Waals surface area contributed by atoms with Gasteiger partial charge in [0.25, 0.3) is 5.56 Å². The lowest BCUT2D eigenvalue weighted by Gasteiger charge is -2.03. The van der Waals surface area contributed by atoms with Gasteiger partial charge in [-0.1, -0.05) is 12.1 Å². The average molecular weight is 328 g/mol. The summed E-state index contributed by atoms with van der Waals surface area (Å²) in [7, 11) is 0. The van der Waals surface area contributed by atoms with Crippen LogP contribution in [0.4, 0.5) is 0 Å². The highest BCUT2D eigenvalue weighted by molar-refractivity contribution is 5.63. The molecule has 0 fully saturated rings. The highest BCUT2D eigenvalue weighted by Crippen LogP contribution is 2.16. The first kappa shape index (κ1) is 14.7. The third-order valence-electron chi connectivity index (χ3n) is 3.83. The van der Waals surface area contributed by atoms with Gasteiger partial charge in [0.2, 0.25) is 0 Å². The molecule has 0 aliphatic rings. The first-order valence-electron chi connectivity index (χ1n) is 7.54. The van der Waals surface area contributed by atoms with Gasteiger partial charge in [-0.05, 0) is 35.9 Å². The molecule has 0 saturated carbocycles. The van der Waals surface area contributed by atoms with Crippen LogP contribution in [0.3, 0.4) is 0 Å². The van der Waals surface area contributed by atoms with Crippen LogP contribution in [0.1, 0.15) is 5.56 Å². The molecule has 1 aromatic carbocycles. The van der Waals surface area contributed by atoms with E-state index in [1.54, 1.807) is 53.6 Å². The molecule has 7 nitrogen and oxygen atoms in total. The third kappa shape index (κ3) is 2.62. The van der Waals surface area contributed by atoms with Crippen LogP contribution in [-0.2, 0) is 0 Å². The van der Waals surface area contributed by atoms with E-state index >= 15 is 0 Å². The number of hydrogen-bond acceptors (Lipinski definition) is 4. The lowest BCUT2D eigenvalue weighted by molar-refractivity contribution is 0.810. The van der Waals surface area contributed by atoms with Crippen molar-refractivity contribution < 1.29 is 0 Å². The van der Waals surface area contributed by atoms with Crippen molar-refractivity contribution in [1.29, 1.82) is 5.26 Å². The maximum absolute atomic E-state index is 12.6. The molecule has 0 radical (unpaired) electrons. The van der Waals surface area contributed by atoms with Gasteiger partial charge in [0, 0.05) is 18.6 Å². The molecule has 0 saturated heterocycles. The van der Waals surface area contributed by atoms with Crippen LogP contribution < -0.4 is 5.56 Å². The molecule has 0 unspecified atom stereocenters. The van der Waals surface area contributed by atoms with Crippen LogP contribution in [-0.4, -0.2) is 24.5 Å². The van der Waals surface area contributed by atoms with E-state index in [1.165, 1.54) is 4.68 Å². The fourth-order valence-corrected chi connectivity index (χ4v) is 2.54. The van der Waals surface area contributed by atoms with Gasteiger partial charge in [0.05, 0.1) is 29.1 Å². The zero-order valence-electron chi connectivity index (χ0n) is 13.0. The Balaban J connectivity index is 1.69. The molecule has 0 spiro atoms. The number of aromatic nitrogens is 5. The van der Waals surface area contributed by atoms with Crippen molar-refractivity contribution in [3.63, 3.8) is 0 Å².